The van der Waals surface area contributed by atoms with Gasteiger partial charge in [0.25, 0.3) is 0 Å². The summed E-state index contributed by atoms with van der Waals surface area (Å²) in [6.45, 7) is 0.734. The zero-order valence-corrected chi connectivity index (χ0v) is 8.75. The summed E-state index contributed by atoms with van der Waals surface area (Å²) >= 11 is 3.47. The van der Waals surface area contributed by atoms with Crippen molar-refractivity contribution in [2.75, 3.05) is 12.8 Å². The second kappa shape index (κ2) is 5.50. The average Bonchev–Trinajstić information content (AvgIpc) is 2.50. The lowest BCUT2D eigenvalue weighted by Gasteiger charge is -1.89. The van der Waals surface area contributed by atoms with Gasteiger partial charge in [0.05, 0.1) is 0 Å². The molecule has 3 nitrogen and oxygen atoms in total. The van der Waals surface area contributed by atoms with Crippen LogP contribution in [0.1, 0.15) is 16.4 Å². The van der Waals surface area contributed by atoms with Crippen LogP contribution in [0.4, 0.5) is 0 Å². The van der Waals surface area contributed by atoms with E-state index in [4.69, 9.17) is 5.73 Å². The Balaban J connectivity index is 2.41. The predicted molar refractivity (Wildman–Crippen MR) is 54.5 cm³/mol. The second-order valence-corrected chi connectivity index (χ2v) is 4.43. The number of hydrogen-bond acceptors (Lipinski definition) is 5. The zero-order valence-electron chi connectivity index (χ0n) is 7.12. The Kier molecular flexibility index (Phi) is 4.57. The number of hydrogen-bond donors (Lipinski definition) is 1. The molecular formula is C7H13N3S2. The number of thioether (sulfide) groups is 1. The highest BCUT2D eigenvalue weighted by molar-refractivity contribution is 7.97. The van der Waals surface area contributed by atoms with E-state index < -0.39 is 0 Å². The summed E-state index contributed by atoms with van der Waals surface area (Å²) in [6, 6.07) is 0. The van der Waals surface area contributed by atoms with Crippen LogP contribution in [0.25, 0.3) is 0 Å². The molecule has 0 aliphatic carbocycles. The number of aryl methyl sites for hydroxylation is 1. The fraction of sp³-hybridized carbons (Fsp3) is 0.714. The van der Waals surface area contributed by atoms with E-state index in [0.717, 1.165) is 35.2 Å². The molecular weight excluding hydrogens is 190 g/mol. The highest BCUT2D eigenvalue weighted by Crippen LogP contribution is 2.15. The molecule has 1 heterocycles. The second-order valence-electron chi connectivity index (χ2n) is 2.41. The Bertz CT molecular complexity index is 224. The van der Waals surface area contributed by atoms with Crippen LogP contribution in [-0.2, 0) is 12.2 Å². The van der Waals surface area contributed by atoms with Crippen LogP contribution in [0.3, 0.4) is 0 Å². The van der Waals surface area contributed by atoms with Gasteiger partial charge in [-0.3, -0.25) is 0 Å². The summed E-state index contributed by atoms with van der Waals surface area (Å²) < 4.78 is 0. The molecule has 12 heavy (non-hydrogen) atoms. The Labute approximate surface area is 80.8 Å². The first-order chi connectivity index (χ1) is 5.86. The van der Waals surface area contributed by atoms with Crippen molar-refractivity contribution >= 4 is 23.1 Å². The van der Waals surface area contributed by atoms with Gasteiger partial charge in [-0.1, -0.05) is 0 Å². The summed E-state index contributed by atoms with van der Waals surface area (Å²) in [5.41, 5.74) is 5.39. The smallest absolute Gasteiger partial charge is 0.127 e. The molecule has 1 rings (SSSR count). The van der Waals surface area contributed by atoms with E-state index in [1.165, 1.54) is 0 Å². The van der Waals surface area contributed by atoms with E-state index in [1.54, 1.807) is 23.1 Å². The molecule has 0 aliphatic rings. The molecule has 5 heteroatoms. The average molecular weight is 203 g/mol. The minimum atomic E-state index is 0.734. The molecule has 0 saturated carbocycles. The maximum atomic E-state index is 5.39. The highest BCUT2D eigenvalue weighted by Gasteiger charge is 2.01. The number of nitrogens with two attached hydrogens (primary N) is 1. The maximum absolute atomic E-state index is 5.39. The van der Waals surface area contributed by atoms with Gasteiger partial charge >= 0.3 is 0 Å². The van der Waals surface area contributed by atoms with Gasteiger partial charge in [-0.05, 0) is 19.2 Å². The maximum Gasteiger partial charge on any atom is 0.127 e. The molecule has 0 unspecified atom stereocenters. The largest absolute Gasteiger partial charge is 0.330 e. The van der Waals surface area contributed by atoms with Crippen molar-refractivity contribution in [3.8, 4) is 0 Å². The summed E-state index contributed by atoms with van der Waals surface area (Å²) in [6.07, 6.45) is 4.05. The molecule has 68 valence electrons. The minimum Gasteiger partial charge on any atom is -0.330 e. The van der Waals surface area contributed by atoms with Crippen LogP contribution in [0, 0.1) is 0 Å². The molecule has 1 aromatic heterocycles. The normalized spacial score (nSPS) is 10.5. The lowest BCUT2D eigenvalue weighted by Crippen LogP contribution is -1.99. The standard InChI is InChI=1S/C7H13N3S2/c1-11-5-7-10-9-6(12-7)3-2-4-8/h2-5,8H2,1H3. The van der Waals surface area contributed by atoms with Gasteiger partial charge in [-0.25, -0.2) is 0 Å². The molecule has 0 radical (unpaired) electrons. The van der Waals surface area contributed by atoms with Gasteiger partial charge in [0.2, 0.25) is 0 Å². The minimum absolute atomic E-state index is 0.734. The lowest BCUT2D eigenvalue weighted by molar-refractivity contribution is 0.810. The van der Waals surface area contributed by atoms with Crippen molar-refractivity contribution in [3.05, 3.63) is 10.0 Å². The third-order valence-corrected chi connectivity index (χ3v) is 3.10. The quantitative estimate of drug-likeness (QED) is 0.783. The fourth-order valence-electron chi connectivity index (χ4n) is 0.824. The lowest BCUT2D eigenvalue weighted by atomic mass is 10.3. The van der Waals surface area contributed by atoms with Crippen LogP contribution in [0.5, 0.6) is 0 Å². The predicted octanol–water partition coefficient (Wildman–Crippen LogP) is 1.29. The molecule has 0 saturated heterocycles. The van der Waals surface area contributed by atoms with Gasteiger partial charge in [0.15, 0.2) is 0 Å². The molecule has 0 bridgehead atoms. The Morgan fingerprint density at radius 3 is 2.83 bits per heavy atom. The van der Waals surface area contributed by atoms with Crippen LogP contribution >= 0.6 is 23.1 Å². The van der Waals surface area contributed by atoms with Gasteiger partial charge < -0.3 is 5.73 Å². The van der Waals surface area contributed by atoms with Gasteiger partial charge in [0.1, 0.15) is 10.0 Å². The molecule has 0 atom stereocenters. The van der Waals surface area contributed by atoms with Crippen molar-refractivity contribution in [2.45, 2.75) is 18.6 Å². The van der Waals surface area contributed by atoms with Gasteiger partial charge in [-0.15, -0.1) is 21.5 Å². The third-order valence-electron chi connectivity index (χ3n) is 1.37. The van der Waals surface area contributed by atoms with Gasteiger partial charge in [0, 0.05) is 12.2 Å². The van der Waals surface area contributed by atoms with E-state index in [2.05, 4.69) is 16.5 Å². The van der Waals surface area contributed by atoms with Crippen molar-refractivity contribution in [1.29, 1.82) is 0 Å². The van der Waals surface area contributed by atoms with E-state index in [9.17, 15) is 0 Å². The highest BCUT2D eigenvalue weighted by atomic mass is 32.2. The van der Waals surface area contributed by atoms with E-state index in [1.807, 2.05) is 0 Å². The first kappa shape index (κ1) is 9.95. The van der Waals surface area contributed by atoms with Crippen molar-refractivity contribution < 1.29 is 0 Å². The molecule has 0 aliphatic heterocycles. The summed E-state index contributed by atoms with van der Waals surface area (Å²) in [5.74, 6) is 0.973. The van der Waals surface area contributed by atoms with E-state index >= 15 is 0 Å². The third kappa shape index (κ3) is 3.08. The number of nitrogens with zero attached hydrogens (tertiary/aromatic N) is 2. The van der Waals surface area contributed by atoms with Crippen molar-refractivity contribution in [1.82, 2.24) is 10.2 Å². The fourth-order valence-corrected chi connectivity index (χ4v) is 2.40. The Morgan fingerprint density at radius 2 is 2.17 bits per heavy atom. The molecule has 1 aromatic rings. The molecule has 2 N–H and O–H groups in total. The monoisotopic (exact) mass is 203 g/mol. The molecule has 0 amide bonds. The zero-order chi connectivity index (χ0) is 8.81. The topological polar surface area (TPSA) is 51.8 Å². The van der Waals surface area contributed by atoms with Crippen molar-refractivity contribution in [2.24, 2.45) is 5.73 Å². The first-order valence-electron chi connectivity index (χ1n) is 3.87. The summed E-state index contributed by atoms with van der Waals surface area (Å²) in [7, 11) is 0. The van der Waals surface area contributed by atoms with Crippen LogP contribution in [0.15, 0.2) is 0 Å². The number of aromatic nitrogens is 2. The SMILES string of the molecule is CSCc1nnc(CCCN)s1. The Hall–Kier alpha value is -0.130. The van der Waals surface area contributed by atoms with Crippen LogP contribution in [-0.4, -0.2) is 23.0 Å². The van der Waals surface area contributed by atoms with Crippen LogP contribution in [0.2, 0.25) is 0 Å². The molecule has 0 aromatic carbocycles. The van der Waals surface area contributed by atoms with Gasteiger partial charge in [-0.2, -0.15) is 11.8 Å². The van der Waals surface area contributed by atoms with Crippen LogP contribution < -0.4 is 5.73 Å². The molecule has 0 fully saturated rings. The van der Waals surface area contributed by atoms with E-state index in [-0.39, 0.29) is 0 Å². The Morgan fingerprint density at radius 1 is 1.42 bits per heavy atom. The first-order valence-corrected chi connectivity index (χ1v) is 6.08. The summed E-state index contributed by atoms with van der Waals surface area (Å²) in [4.78, 5) is 0. The van der Waals surface area contributed by atoms with Crippen molar-refractivity contribution in [3.63, 3.8) is 0 Å². The number of rotatable bonds is 5. The summed E-state index contributed by atoms with van der Waals surface area (Å²) in [5, 5.41) is 10.4. The van der Waals surface area contributed by atoms with E-state index in [0.29, 0.717) is 0 Å². The molecule has 0 spiro atoms.